The molecule has 130 valence electrons. The van der Waals surface area contributed by atoms with Crippen molar-refractivity contribution in [2.75, 3.05) is 16.3 Å². The van der Waals surface area contributed by atoms with Crippen molar-refractivity contribution in [1.82, 2.24) is 0 Å². The minimum Gasteiger partial charge on any atom is -0.326 e. The molecule has 2 unspecified atom stereocenters. The average Bonchev–Trinajstić information content (AvgIpc) is 2.36. The fraction of sp³-hybridized carbons (Fsp3) is 0.533. The van der Waals surface area contributed by atoms with Crippen LogP contribution < -0.4 is 15.8 Å². The zero-order chi connectivity index (χ0) is 16.4. The Bertz CT molecular complexity index is 662. The largest absolute Gasteiger partial charge is 0.326 e. The van der Waals surface area contributed by atoms with E-state index in [9.17, 15) is 13.2 Å². The van der Waals surface area contributed by atoms with E-state index in [-0.39, 0.29) is 24.2 Å². The van der Waals surface area contributed by atoms with E-state index >= 15 is 0 Å². The number of hydrogen-bond donors (Lipinski definition) is 3. The average molecular weight is 362 g/mol. The molecular weight excluding hydrogens is 338 g/mol. The lowest BCUT2D eigenvalue weighted by Crippen LogP contribution is -2.51. The molecule has 8 heteroatoms. The molecular formula is C15H24ClN3O3S. The summed E-state index contributed by atoms with van der Waals surface area (Å²) in [6, 6.07) is 6.63. The summed E-state index contributed by atoms with van der Waals surface area (Å²) in [6.07, 6.45) is 4.74. The maximum atomic E-state index is 12.4. The van der Waals surface area contributed by atoms with Gasteiger partial charge in [0.2, 0.25) is 15.9 Å². The Morgan fingerprint density at radius 3 is 2.57 bits per heavy atom. The van der Waals surface area contributed by atoms with Crippen LogP contribution in [0.1, 0.15) is 32.6 Å². The second-order valence-electron chi connectivity index (χ2n) is 6.25. The standard InChI is InChI=1S/C15H23N3O3S.ClH/c1-15(16)9-4-3-8-13(15)14(19)17-11-6-5-7-12(10-11)18-22(2,20)21;/h5-7,10,13,18H,3-4,8-9,16H2,1-2H3,(H,17,19);1H. The van der Waals surface area contributed by atoms with Crippen molar-refractivity contribution in [3.63, 3.8) is 0 Å². The van der Waals surface area contributed by atoms with E-state index in [0.29, 0.717) is 11.4 Å². The zero-order valence-electron chi connectivity index (χ0n) is 13.3. The summed E-state index contributed by atoms with van der Waals surface area (Å²) < 4.78 is 24.9. The number of carbonyl (C=O) groups excluding carboxylic acids is 1. The SMILES string of the molecule is CC1(N)CCCCC1C(=O)Nc1cccc(NS(C)(=O)=O)c1.Cl. The fourth-order valence-electron chi connectivity index (χ4n) is 2.89. The maximum Gasteiger partial charge on any atom is 0.229 e. The minimum atomic E-state index is -3.34. The summed E-state index contributed by atoms with van der Waals surface area (Å²) in [6.45, 7) is 1.91. The van der Waals surface area contributed by atoms with E-state index in [2.05, 4.69) is 10.0 Å². The van der Waals surface area contributed by atoms with Crippen LogP contribution in [0.5, 0.6) is 0 Å². The highest BCUT2D eigenvalue weighted by Crippen LogP contribution is 2.32. The van der Waals surface area contributed by atoms with Crippen LogP contribution in [0.4, 0.5) is 11.4 Å². The molecule has 2 rings (SSSR count). The molecule has 1 amide bonds. The van der Waals surface area contributed by atoms with E-state index < -0.39 is 15.6 Å². The van der Waals surface area contributed by atoms with Crippen LogP contribution in [0.25, 0.3) is 0 Å². The first kappa shape index (κ1) is 19.7. The lowest BCUT2D eigenvalue weighted by Gasteiger charge is -2.37. The van der Waals surface area contributed by atoms with Crippen molar-refractivity contribution in [3.8, 4) is 0 Å². The van der Waals surface area contributed by atoms with Gasteiger partial charge in [-0.15, -0.1) is 12.4 Å². The predicted octanol–water partition coefficient (Wildman–Crippen LogP) is 2.33. The molecule has 1 aromatic carbocycles. The zero-order valence-corrected chi connectivity index (χ0v) is 15.0. The van der Waals surface area contributed by atoms with E-state index in [4.69, 9.17) is 5.73 Å². The molecule has 0 aromatic heterocycles. The van der Waals surface area contributed by atoms with E-state index in [1.807, 2.05) is 6.92 Å². The Morgan fingerprint density at radius 2 is 1.96 bits per heavy atom. The molecule has 0 bridgehead atoms. The van der Waals surface area contributed by atoms with Gasteiger partial charge in [0.15, 0.2) is 0 Å². The first-order valence-electron chi connectivity index (χ1n) is 7.35. The highest BCUT2D eigenvalue weighted by Gasteiger charge is 2.37. The molecule has 0 heterocycles. The van der Waals surface area contributed by atoms with Gasteiger partial charge in [0.25, 0.3) is 0 Å². The third-order valence-corrected chi connectivity index (χ3v) is 4.61. The van der Waals surface area contributed by atoms with Crippen LogP contribution in [0.2, 0.25) is 0 Å². The number of hydrogen-bond acceptors (Lipinski definition) is 4. The molecule has 2 atom stereocenters. The van der Waals surface area contributed by atoms with Gasteiger partial charge < -0.3 is 11.1 Å². The van der Waals surface area contributed by atoms with Crippen molar-refractivity contribution < 1.29 is 13.2 Å². The third kappa shape index (κ3) is 5.67. The van der Waals surface area contributed by atoms with Gasteiger partial charge >= 0.3 is 0 Å². The molecule has 0 aliphatic heterocycles. The molecule has 0 spiro atoms. The number of nitrogens with one attached hydrogen (secondary N) is 2. The molecule has 0 radical (unpaired) electrons. The molecule has 1 fully saturated rings. The fourth-order valence-corrected chi connectivity index (χ4v) is 3.45. The number of anilines is 2. The Balaban J connectivity index is 0.00000264. The van der Waals surface area contributed by atoms with Crippen LogP contribution in [0, 0.1) is 5.92 Å². The smallest absolute Gasteiger partial charge is 0.229 e. The Kier molecular flexibility index (Phi) is 6.44. The first-order valence-corrected chi connectivity index (χ1v) is 9.24. The van der Waals surface area contributed by atoms with Gasteiger partial charge in [-0.1, -0.05) is 18.9 Å². The van der Waals surface area contributed by atoms with Gasteiger partial charge in [0.1, 0.15) is 0 Å². The molecule has 1 aromatic rings. The van der Waals surface area contributed by atoms with Crippen LogP contribution in [0.3, 0.4) is 0 Å². The molecule has 1 saturated carbocycles. The number of halogens is 1. The van der Waals surface area contributed by atoms with E-state index in [0.717, 1.165) is 31.9 Å². The van der Waals surface area contributed by atoms with Gasteiger partial charge in [0.05, 0.1) is 17.9 Å². The summed E-state index contributed by atoms with van der Waals surface area (Å²) in [5, 5.41) is 2.84. The minimum absolute atomic E-state index is 0. The highest BCUT2D eigenvalue weighted by atomic mass is 35.5. The summed E-state index contributed by atoms with van der Waals surface area (Å²) >= 11 is 0. The summed E-state index contributed by atoms with van der Waals surface area (Å²) in [4.78, 5) is 12.4. The van der Waals surface area contributed by atoms with Gasteiger partial charge in [0, 0.05) is 11.2 Å². The van der Waals surface area contributed by atoms with Crippen molar-refractivity contribution in [2.45, 2.75) is 38.1 Å². The second kappa shape index (κ2) is 7.51. The normalized spacial score (nSPS) is 24.4. The van der Waals surface area contributed by atoms with Gasteiger partial charge in [-0.05, 0) is 38.0 Å². The van der Waals surface area contributed by atoms with Crippen molar-refractivity contribution in [1.29, 1.82) is 0 Å². The van der Waals surface area contributed by atoms with Crippen LogP contribution in [0.15, 0.2) is 24.3 Å². The predicted molar refractivity (Wildman–Crippen MR) is 95.3 cm³/mol. The highest BCUT2D eigenvalue weighted by molar-refractivity contribution is 7.92. The third-order valence-electron chi connectivity index (χ3n) is 4.00. The molecule has 4 N–H and O–H groups in total. The van der Waals surface area contributed by atoms with Gasteiger partial charge in [-0.3, -0.25) is 9.52 Å². The quantitative estimate of drug-likeness (QED) is 0.765. The second-order valence-corrected chi connectivity index (χ2v) is 8.00. The van der Waals surface area contributed by atoms with Crippen molar-refractivity contribution in [3.05, 3.63) is 24.3 Å². The number of amides is 1. The number of sulfonamides is 1. The Morgan fingerprint density at radius 1 is 1.30 bits per heavy atom. The Hall–Kier alpha value is -1.31. The molecule has 1 aliphatic rings. The maximum absolute atomic E-state index is 12.4. The van der Waals surface area contributed by atoms with E-state index in [1.54, 1.807) is 24.3 Å². The monoisotopic (exact) mass is 361 g/mol. The van der Waals surface area contributed by atoms with E-state index in [1.165, 1.54) is 0 Å². The Labute approximate surface area is 143 Å². The van der Waals surface area contributed by atoms with Crippen LogP contribution >= 0.6 is 12.4 Å². The first-order chi connectivity index (χ1) is 10.2. The van der Waals surface area contributed by atoms with Crippen LogP contribution in [-0.2, 0) is 14.8 Å². The lowest BCUT2D eigenvalue weighted by atomic mass is 9.74. The number of benzene rings is 1. The van der Waals surface area contributed by atoms with Crippen LogP contribution in [-0.4, -0.2) is 26.1 Å². The lowest BCUT2D eigenvalue weighted by molar-refractivity contribution is -0.122. The molecule has 0 saturated heterocycles. The van der Waals surface area contributed by atoms with Gasteiger partial charge in [-0.25, -0.2) is 8.42 Å². The number of carbonyl (C=O) groups is 1. The summed E-state index contributed by atoms with van der Waals surface area (Å²) in [5.41, 5.74) is 6.71. The van der Waals surface area contributed by atoms with Crippen molar-refractivity contribution >= 4 is 39.7 Å². The molecule has 23 heavy (non-hydrogen) atoms. The van der Waals surface area contributed by atoms with Gasteiger partial charge in [-0.2, -0.15) is 0 Å². The number of nitrogens with two attached hydrogens (primary N) is 1. The summed E-state index contributed by atoms with van der Waals surface area (Å²) in [5.74, 6) is -0.339. The summed E-state index contributed by atoms with van der Waals surface area (Å²) in [7, 11) is -3.34. The number of rotatable bonds is 4. The molecule has 6 nitrogen and oxygen atoms in total. The topological polar surface area (TPSA) is 101 Å². The van der Waals surface area contributed by atoms with Crippen molar-refractivity contribution in [2.24, 2.45) is 11.7 Å². The molecule has 1 aliphatic carbocycles.